The van der Waals surface area contributed by atoms with E-state index in [4.69, 9.17) is 10.5 Å². The number of hydrogen-bond acceptors (Lipinski definition) is 4. The fourth-order valence-electron chi connectivity index (χ4n) is 2.05. The van der Waals surface area contributed by atoms with Gasteiger partial charge in [0.1, 0.15) is 5.75 Å². The zero-order valence-corrected chi connectivity index (χ0v) is 11.8. The van der Waals surface area contributed by atoms with Crippen LogP contribution < -0.4 is 16.0 Å². The summed E-state index contributed by atoms with van der Waals surface area (Å²) in [4.78, 5) is 12.0. The quantitative estimate of drug-likeness (QED) is 0.901. The van der Waals surface area contributed by atoms with E-state index in [2.05, 4.69) is 5.10 Å². The predicted molar refractivity (Wildman–Crippen MR) is 78.7 cm³/mol. The molecule has 0 spiro atoms. The van der Waals surface area contributed by atoms with Gasteiger partial charge in [-0.25, -0.2) is 4.68 Å². The third kappa shape index (κ3) is 2.72. The summed E-state index contributed by atoms with van der Waals surface area (Å²) in [5.74, 6) is 0.756. The van der Waals surface area contributed by atoms with Gasteiger partial charge in [-0.3, -0.25) is 4.79 Å². The fraction of sp³-hybridized carbons (Fsp3) is 0.333. The van der Waals surface area contributed by atoms with E-state index in [0.717, 1.165) is 11.3 Å². The highest BCUT2D eigenvalue weighted by molar-refractivity contribution is 5.67. The summed E-state index contributed by atoms with van der Waals surface area (Å²) < 4.78 is 7.04. The van der Waals surface area contributed by atoms with Crippen LogP contribution >= 0.6 is 0 Å². The first-order valence-electron chi connectivity index (χ1n) is 6.74. The van der Waals surface area contributed by atoms with E-state index in [1.807, 2.05) is 38.1 Å². The molecule has 0 saturated heterocycles. The van der Waals surface area contributed by atoms with Crippen molar-refractivity contribution < 1.29 is 4.74 Å². The lowest BCUT2D eigenvalue weighted by Gasteiger charge is -2.12. The molecule has 5 heteroatoms. The van der Waals surface area contributed by atoms with Gasteiger partial charge in [-0.2, -0.15) is 5.10 Å². The SMILES string of the molecule is CCOc1ccccc1-c1cc(CN)c(=O)n(CC)n1. The molecule has 0 aliphatic heterocycles. The van der Waals surface area contributed by atoms with Gasteiger partial charge in [-0.05, 0) is 32.0 Å². The maximum Gasteiger partial charge on any atom is 0.271 e. The summed E-state index contributed by atoms with van der Waals surface area (Å²) in [6.45, 7) is 5.10. The minimum absolute atomic E-state index is 0.132. The number of aromatic nitrogens is 2. The zero-order valence-electron chi connectivity index (χ0n) is 11.8. The molecule has 2 rings (SSSR count). The molecule has 1 aromatic heterocycles. The number of aryl methyl sites for hydroxylation is 1. The van der Waals surface area contributed by atoms with E-state index < -0.39 is 0 Å². The Balaban J connectivity index is 2.61. The molecule has 0 aliphatic carbocycles. The minimum Gasteiger partial charge on any atom is -0.493 e. The van der Waals surface area contributed by atoms with Crippen molar-refractivity contribution in [1.29, 1.82) is 0 Å². The summed E-state index contributed by atoms with van der Waals surface area (Å²) in [5, 5.41) is 4.38. The van der Waals surface area contributed by atoms with Crippen LogP contribution in [0.15, 0.2) is 35.1 Å². The van der Waals surface area contributed by atoms with Crippen LogP contribution in [0, 0.1) is 0 Å². The van der Waals surface area contributed by atoms with Crippen LogP contribution in [-0.4, -0.2) is 16.4 Å². The Hall–Kier alpha value is -2.14. The van der Waals surface area contributed by atoms with Crippen molar-refractivity contribution in [1.82, 2.24) is 9.78 Å². The van der Waals surface area contributed by atoms with Crippen molar-refractivity contribution in [2.45, 2.75) is 26.9 Å². The fourth-order valence-corrected chi connectivity index (χ4v) is 2.05. The van der Waals surface area contributed by atoms with Crippen molar-refractivity contribution >= 4 is 0 Å². The molecule has 1 heterocycles. The highest BCUT2D eigenvalue weighted by Crippen LogP contribution is 2.28. The van der Waals surface area contributed by atoms with E-state index in [1.54, 1.807) is 6.07 Å². The molecule has 0 bridgehead atoms. The maximum atomic E-state index is 12.0. The van der Waals surface area contributed by atoms with Crippen LogP contribution in [0.5, 0.6) is 5.75 Å². The maximum absolute atomic E-state index is 12.0. The van der Waals surface area contributed by atoms with E-state index in [0.29, 0.717) is 24.4 Å². The number of ether oxygens (including phenoxy) is 1. The van der Waals surface area contributed by atoms with Crippen molar-refractivity contribution in [2.75, 3.05) is 6.61 Å². The first-order valence-corrected chi connectivity index (χ1v) is 6.74. The van der Waals surface area contributed by atoms with Crippen LogP contribution in [-0.2, 0) is 13.1 Å². The Kier molecular flexibility index (Phi) is 4.53. The lowest BCUT2D eigenvalue weighted by Crippen LogP contribution is -2.27. The first kappa shape index (κ1) is 14.3. The average Bonchev–Trinajstić information content (AvgIpc) is 2.48. The van der Waals surface area contributed by atoms with E-state index in [1.165, 1.54) is 4.68 Å². The van der Waals surface area contributed by atoms with Crippen LogP contribution in [0.3, 0.4) is 0 Å². The Morgan fingerprint density at radius 1 is 1.30 bits per heavy atom. The third-order valence-corrected chi connectivity index (χ3v) is 3.03. The Bertz CT molecular complexity index is 622. The van der Waals surface area contributed by atoms with Crippen molar-refractivity contribution in [3.05, 3.63) is 46.2 Å². The lowest BCUT2D eigenvalue weighted by molar-refractivity contribution is 0.341. The third-order valence-electron chi connectivity index (χ3n) is 3.03. The zero-order chi connectivity index (χ0) is 14.5. The molecular formula is C15H19N3O2. The van der Waals surface area contributed by atoms with Gasteiger partial charge in [-0.1, -0.05) is 12.1 Å². The topological polar surface area (TPSA) is 70.1 Å². The molecule has 0 saturated carbocycles. The van der Waals surface area contributed by atoms with Gasteiger partial charge in [0.05, 0.1) is 12.3 Å². The minimum atomic E-state index is -0.132. The number of para-hydroxylation sites is 1. The van der Waals surface area contributed by atoms with Crippen LogP contribution in [0.1, 0.15) is 19.4 Å². The highest BCUT2D eigenvalue weighted by atomic mass is 16.5. The Labute approximate surface area is 118 Å². The molecular weight excluding hydrogens is 254 g/mol. The van der Waals surface area contributed by atoms with Crippen LogP contribution in [0.25, 0.3) is 11.3 Å². The number of rotatable bonds is 5. The van der Waals surface area contributed by atoms with E-state index >= 15 is 0 Å². The lowest BCUT2D eigenvalue weighted by atomic mass is 10.1. The molecule has 0 aliphatic rings. The molecule has 2 N–H and O–H groups in total. The normalized spacial score (nSPS) is 10.6. The molecule has 0 amide bonds. The van der Waals surface area contributed by atoms with Crippen LogP contribution in [0.4, 0.5) is 0 Å². The average molecular weight is 273 g/mol. The van der Waals surface area contributed by atoms with Gasteiger partial charge >= 0.3 is 0 Å². The van der Waals surface area contributed by atoms with Gasteiger partial charge in [0.25, 0.3) is 5.56 Å². The monoisotopic (exact) mass is 273 g/mol. The summed E-state index contributed by atoms with van der Waals surface area (Å²) in [5.41, 5.74) is 7.64. The molecule has 5 nitrogen and oxygen atoms in total. The van der Waals surface area contributed by atoms with Gasteiger partial charge in [0, 0.05) is 24.2 Å². The van der Waals surface area contributed by atoms with Gasteiger partial charge in [0.15, 0.2) is 0 Å². The Morgan fingerprint density at radius 2 is 2.05 bits per heavy atom. The number of benzene rings is 1. The summed E-state index contributed by atoms with van der Waals surface area (Å²) >= 11 is 0. The van der Waals surface area contributed by atoms with E-state index in [-0.39, 0.29) is 12.1 Å². The van der Waals surface area contributed by atoms with E-state index in [9.17, 15) is 4.79 Å². The van der Waals surface area contributed by atoms with Gasteiger partial charge in [-0.15, -0.1) is 0 Å². The molecule has 1 aromatic carbocycles. The number of nitrogens with two attached hydrogens (primary N) is 1. The molecule has 20 heavy (non-hydrogen) atoms. The largest absolute Gasteiger partial charge is 0.493 e. The number of hydrogen-bond donors (Lipinski definition) is 1. The second-order valence-corrected chi connectivity index (χ2v) is 4.31. The molecule has 106 valence electrons. The molecule has 0 atom stereocenters. The summed E-state index contributed by atoms with van der Waals surface area (Å²) in [6, 6.07) is 9.39. The smallest absolute Gasteiger partial charge is 0.271 e. The van der Waals surface area contributed by atoms with Gasteiger partial charge < -0.3 is 10.5 Å². The second-order valence-electron chi connectivity index (χ2n) is 4.31. The predicted octanol–water partition coefficient (Wildman–Crippen LogP) is 1.79. The molecule has 0 fully saturated rings. The Morgan fingerprint density at radius 3 is 2.70 bits per heavy atom. The second kappa shape index (κ2) is 6.34. The van der Waals surface area contributed by atoms with Crippen molar-refractivity contribution in [3.63, 3.8) is 0 Å². The molecule has 2 aromatic rings. The van der Waals surface area contributed by atoms with Crippen molar-refractivity contribution in [3.8, 4) is 17.0 Å². The molecule has 0 unspecified atom stereocenters. The highest BCUT2D eigenvalue weighted by Gasteiger charge is 2.11. The standard InChI is InChI=1S/C15H19N3O2/c1-3-18-15(19)11(10-16)9-13(17-18)12-7-5-6-8-14(12)20-4-2/h5-9H,3-4,10,16H2,1-2H3. The van der Waals surface area contributed by atoms with Gasteiger partial charge in [0.2, 0.25) is 0 Å². The molecule has 0 radical (unpaired) electrons. The summed E-state index contributed by atoms with van der Waals surface area (Å²) in [6.07, 6.45) is 0. The first-order chi connectivity index (χ1) is 9.71. The number of nitrogens with zero attached hydrogens (tertiary/aromatic N) is 2. The summed E-state index contributed by atoms with van der Waals surface area (Å²) in [7, 11) is 0. The van der Waals surface area contributed by atoms with Crippen LogP contribution in [0.2, 0.25) is 0 Å². The van der Waals surface area contributed by atoms with Crippen molar-refractivity contribution in [2.24, 2.45) is 5.73 Å².